The van der Waals surface area contributed by atoms with Crippen molar-refractivity contribution in [3.8, 4) is 17.2 Å². The summed E-state index contributed by atoms with van der Waals surface area (Å²) in [6.45, 7) is 4.34. The Hall–Kier alpha value is -2.49. The van der Waals surface area contributed by atoms with Crippen molar-refractivity contribution in [3.05, 3.63) is 17.7 Å². The van der Waals surface area contributed by atoms with Crippen LogP contribution in [-0.4, -0.2) is 65.1 Å². The van der Waals surface area contributed by atoms with Crippen LogP contribution in [0.15, 0.2) is 17.3 Å². The van der Waals surface area contributed by atoms with Crippen LogP contribution in [0.2, 0.25) is 0 Å². The van der Waals surface area contributed by atoms with Crippen molar-refractivity contribution < 1.29 is 19.0 Å². The van der Waals surface area contributed by atoms with E-state index in [-0.39, 0.29) is 17.7 Å². The first-order valence-corrected chi connectivity index (χ1v) is 9.33. The highest BCUT2D eigenvalue weighted by molar-refractivity contribution is 7.99. The van der Waals surface area contributed by atoms with Gasteiger partial charge < -0.3 is 19.1 Å². The van der Waals surface area contributed by atoms with Crippen LogP contribution in [0.3, 0.4) is 0 Å². The number of ether oxygens (including phenoxy) is 3. The second kappa shape index (κ2) is 9.45. The van der Waals surface area contributed by atoms with Crippen molar-refractivity contribution in [2.24, 2.45) is 0 Å². The number of nitrogens with zero attached hydrogens (tertiary/aromatic N) is 5. The largest absolute Gasteiger partial charge is 0.493 e. The summed E-state index contributed by atoms with van der Waals surface area (Å²) in [6, 6.07) is 3.78. The predicted octanol–water partition coefficient (Wildman–Crippen LogP) is 2.03. The Morgan fingerprint density at radius 1 is 1.19 bits per heavy atom. The number of benzene rings is 1. The molecule has 10 heteroatoms. The summed E-state index contributed by atoms with van der Waals surface area (Å²) in [4.78, 5) is 14.2. The van der Waals surface area contributed by atoms with Crippen LogP contribution >= 0.6 is 11.8 Å². The van der Waals surface area contributed by atoms with Gasteiger partial charge in [-0.25, -0.2) is 4.68 Å². The van der Waals surface area contributed by atoms with Crippen LogP contribution in [0.25, 0.3) is 0 Å². The highest BCUT2D eigenvalue weighted by Crippen LogP contribution is 2.40. The summed E-state index contributed by atoms with van der Waals surface area (Å²) in [5, 5.41) is 12.2. The number of thioether (sulfide) groups is 1. The Labute approximate surface area is 163 Å². The number of carbonyl (C=O) groups excluding carboxylic acids is 1. The first-order valence-electron chi connectivity index (χ1n) is 8.35. The number of hydrogen-bond acceptors (Lipinski definition) is 8. The maximum Gasteiger partial charge on any atom is 0.233 e. The predicted molar refractivity (Wildman–Crippen MR) is 101 cm³/mol. The summed E-state index contributed by atoms with van der Waals surface area (Å²) in [6.07, 6.45) is 0. The van der Waals surface area contributed by atoms with Gasteiger partial charge in [0.05, 0.1) is 33.1 Å². The lowest BCUT2D eigenvalue weighted by atomic mass is 10.1. The van der Waals surface area contributed by atoms with Gasteiger partial charge in [0, 0.05) is 19.2 Å². The van der Waals surface area contributed by atoms with Crippen molar-refractivity contribution >= 4 is 17.7 Å². The van der Waals surface area contributed by atoms with Crippen molar-refractivity contribution in [1.82, 2.24) is 25.1 Å². The average molecular weight is 395 g/mol. The number of carbonyl (C=O) groups is 1. The van der Waals surface area contributed by atoms with E-state index in [1.54, 1.807) is 44.0 Å². The molecule has 0 aliphatic carbocycles. The minimum atomic E-state index is -0.0462. The van der Waals surface area contributed by atoms with E-state index in [0.29, 0.717) is 28.9 Å². The van der Waals surface area contributed by atoms with Crippen LogP contribution < -0.4 is 14.2 Å². The lowest BCUT2D eigenvalue weighted by Crippen LogP contribution is -2.28. The Bertz CT molecular complexity index is 781. The third kappa shape index (κ3) is 4.82. The van der Waals surface area contributed by atoms with Crippen LogP contribution in [0.4, 0.5) is 0 Å². The van der Waals surface area contributed by atoms with Crippen molar-refractivity contribution in [2.75, 3.05) is 34.1 Å². The van der Waals surface area contributed by atoms with E-state index in [1.807, 2.05) is 19.9 Å². The molecular weight excluding hydrogens is 370 g/mol. The molecule has 0 unspecified atom stereocenters. The molecule has 1 amide bonds. The number of amides is 1. The van der Waals surface area contributed by atoms with E-state index in [4.69, 9.17) is 14.2 Å². The zero-order valence-electron chi connectivity index (χ0n) is 16.4. The second-order valence-corrected chi connectivity index (χ2v) is 6.97. The van der Waals surface area contributed by atoms with Crippen LogP contribution in [0.1, 0.15) is 25.5 Å². The number of methoxy groups -OCH3 is 3. The molecule has 0 fully saturated rings. The Balaban J connectivity index is 2.07. The SMILES string of the molecule is COc1ccc(CN(C)C(=O)CSc2nnnn2C(C)C)c(OC)c1OC. The van der Waals surface area contributed by atoms with E-state index in [2.05, 4.69) is 15.5 Å². The summed E-state index contributed by atoms with van der Waals surface area (Å²) in [5.74, 6) is 1.81. The molecule has 0 spiro atoms. The quantitative estimate of drug-likeness (QED) is 0.596. The Kier molecular flexibility index (Phi) is 7.28. The molecule has 27 heavy (non-hydrogen) atoms. The molecule has 9 nitrogen and oxygen atoms in total. The number of aromatic nitrogens is 4. The normalized spacial score (nSPS) is 10.8. The maximum absolute atomic E-state index is 12.5. The lowest BCUT2D eigenvalue weighted by molar-refractivity contribution is -0.127. The number of rotatable bonds is 9. The zero-order valence-corrected chi connectivity index (χ0v) is 17.2. The smallest absolute Gasteiger partial charge is 0.233 e. The van der Waals surface area contributed by atoms with Gasteiger partial charge in [0.25, 0.3) is 0 Å². The maximum atomic E-state index is 12.5. The fourth-order valence-electron chi connectivity index (χ4n) is 2.47. The third-order valence-corrected chi connectivity index (χ3v) is 4.81. The molecule has 0 aliphatic rings. The minimum absolute atomic E-state index is 0.0462. The molecule has 0 aliphatic heterocycles. The molecule has 0 saturated heterocycles. The van der Waals surface area contributed by atoms with Crippen molar-refractivity contribution in [2.45, 2.75) is 31.6 Å². The minimum Gasteiger partial charge on any atom is -0.493 e. The summed E-state index contributed by atoms with van der Waals surface area (Å²) in [7, 11) is 6.41. The van der Waals surface area contributed by atoms with Gasteiger partial charge in [-0.3, -0.25) is 4.79 Å². The first kappa shape index (κ1) is 20.8. The van der Waals surface area contributed by atoms with Gasteiger partial charge in [-0.1, -0.05) is 11.8 Å². The van der Waals surface area contributed by atoms with E-state index >= 15 is 0 Å². The molecule has 2 rings (SSSR count). The molecule has 0 saturated carbocycles. The molecule has 0 atom stereocenters. The molecule has 0 bridgehead atoms. The fraction of sp³-hybridized carbons (Fsp3) is 0.529. The van der Waals surface area contributed by atoms with Crippen LogP contribution in [0.5, 0.6) is 17.2 Å². The van der Waals surface area contributed by atoms with Gasteiger partial charge >= 0.3 is 0 Å². The molecule has 1 heterocycles. The molecule has 1 aromatic carbocycles. The van der Waals surface area contributed by atoms with Gasteiger partial charge in [0.2, 0.25) is 16.8 Å². The third-order valence-electron chi connectivity index (χ3n) is 3.90. The fourth-order valence-corrected chi connectivity index (χ4v) is 3.42. The summed E-state index contributed by atoms with van der Waals surface area (Å²) >= 11 is 1.31. The second-order valence-electron chi connectivity index (χ2n) is 6.03. The molecular formula is C17H25N5O4S. The Morgan fingerprint density at radius 2 is 1.89 bits per heavy atom. The van der Waals surface area contributed by atoms with Gasteiger partial charge in [0.1, 0.15) is 0 Å². The number of hydrogen-bond donors (Lipinski definition) is 0. The average Bonchev–Trinajstić information content (AvgIpc) is 3.14. The van der Waals surface area contributed by atoms with Crippen LogP contribution in [-0.2, 0) is 11.3 Å². The van der Waals surface area contributed by atoms with Gasteiger partial charge in [-0.2, -0.15) is 0 Å². The highest BCUT2D eigenvalue weighted by atomic mass is 32.2. The van der Waals surface area contributed by atoms with Gasteiger partial charge in [0.15, 0.2) is 11.5 Å². The van der Waals surface area contributed by atoms with Gasteiger partial charge in [-0.05, 0) is 36.4 Å². The molecule has 0 radical (unpaired) electrons. The molecule has 1 aromatic heterocycles. The van der Waals surface area contributed by atoms with E-state index in [0.717, 1.165) is 5.56 Å². The van der Waals surface area contributed by atoms with Crippen molar-refractivity contribution in [1.29, 1.82) is 0 Å². The first-order chi connectivity index (χ1) is 12.9. The standard InChI is InChI=1S/C17H25N5O4S/c1-11(2)22-17(18-19-20-22)27-10-14(23)21(3)9-12-7-8-13(24-4)16(26-6)15(12)25-5/h7-8,11H,9-10H2,1-6H3. The number of tetrazole rings is 1. The highest BCUT2D eigenvalue weighted by Gasteiger charge is 2.19. The molecule has 0 N–H and O–H groups in total. The molecule has 2 aromatic rings. The van der Waals surface area contributed by atoms with Crippen molar-refractivity contribution in [3.63, 3.8) is 0 Å². The summed E-state index contributed by atoms with van der Waals surface area (Å²) in [5.41, 5.74) is 0.822. The lowest BCUT2D eigenvalue weighted by Gasteiger charge is -2.21. The Morgan fingerprint density at radius 3 is 2.48 bits per heavy atom. The van der Waals surface area contributed by atoms with Crippen LogP contribution in [0, 0.1) is 0 Å². The van der Waals surface area contributed by atoms with E-state index < -0.39 is 0 Å². The summed E-state index contributed by atoms with van der Waals surface area (Å²) < 4.78 is 17.8. The van der Waals surface area contributed by atoms with Gasteiger partial charge in [-0.15, -0.1) is 5.10 Å². The topological polar surface area (TPSA) is 91.6 Å². The molecule has 148 valence electrons. The van der Waals surface area contributed by atoms with E-state index in [9.17, 15) is 4.79 Å². The monoisotopic (exact) mass is 395 g/mol. The zero-order chi connectivity index (χ0) is 20.0. The van der Waals surface area contributed by atoms with E-state index in [1.165, 1.54) is 11.8 Å².